The number of benzene rings is 2. The van der Waals surface area contributed by atoms with E-state index in [0.717, 1.165) is 67.5 Å². The molecule has 5 aliphatic rings. The van der Waals surface area contributed by atoms with E-state index in [0.29, 0.717) is 34.5 Å². The number of amidine groups is 1. The Morgan fingerprint density at radius 1 is 1.00 bits per heavy atom. The summed E-state index contributed by atoms with van der Waals surface area (Å²) in [6.45, 7) is 22.4. The van der Waals surface area contributed by atoms with Crippen molar-refractivity contribution in [3.8, 4) is 0 Å². The first-order valence-electron chi connectivity index (χ1n) is 19.3. The first-order chi connectivity index (χ1) is 25.0. The number of likely N-dealkylation sites (tertiary alicyclic amines) is 1. The smallest absolute Gasteiger partial charge is 0.263 e. The maximum atomic E-state index is 14.8. The minimum atomic E-state index is -1.82. The maximum Gasteiger partial charge on any atom is 0.263 e. The van der Waals surface area contributed by atoms with Gasteiger partial charge in [0.15, 0.2) is 13.5 Å². The van der Waals surface area contributed by atoms with Crippen LogP contribution in [0.2, 0.25) is 28.2 Å². The van der Waals surface area contributed by atoms with Gasteiger partial charge in [-0.25, -0.2) is 4.99 Å². The van der Waals surface area contributed by atoms with Crippen molar-refractivity contribution in [2.75, 3.05) is 39.3 Å². The molecule has 0 N–H and O–H groups in total. The summed E-state index contributed by atoms with van der Waals surface area (Å²) in [6, 6.07) is 15.2. The Labute approximate surface area is 331 Å². The number of aliphatic imine (C=N–C) groups is 1. The van der Waals surface area contributed by atoms with Crippen molar-refractivity contribution in [3.63, 3.8) is 0 Å². The zero-order valence-electron chi connectivity index (χ0n) is 32.5. The van der Waals surface area contributed by atoms with Crippen LogP contribution in [0.15, 0.2) is 64.1 Å². The number of rotatable bonds is 9. The Bertz CT molecular complexity index is 1810. The fourth-order valence-electron chi connectivity index (χ4n) is 8.47. The summed E-state index contributed by atoms with van der Waals surface area (Å²) in [6.07, 6.45) is 3.72. The molecular weight excluding hydrogens is 742 g/mol. The molecule has 2 aromatic rings. The normalized spacial score (nSPS) is 25.9. The average molecular weight is 797 g/mol. The summed E-state index contributed by atoms with van der Waals surface area (Å²) >= 11 is 14.1. The molecule has 2 amide bonds. The number of nitrogens with zero attached hydrogens (tertiary/aromatic N) is 5. The number of thioether (sulfide) groups is 1. The van der Waals surface area contributed by atoms with E-state index in [1.165, 1.54) is 11.8 Å². The van der Waals surface area contributed by atoms with Crippen LogP contribution in [0.25, 0.3) is 0 Å². The number of halogens is 2. The van der Waals surface area contributed by atoms with Gasteiger partial charge in [-0.05, 0) is 104 Å². The molecule has 2 aromatic carbocycles. The fraction of sp³-hybridized carbons (Fsp3) is 0.585. The molecule has 4 aliphatic heterocycles. The molecule has 0 unspecified atom stereocenters. The van der Waals surface area contributed by atoms with Crippen LogP contribution in [0.1, 0.15) is 84.4 Å². The molecule has 3 atom stereocenters. The standard InChI is InChI=1S/C41H55Cl2N5O3SSi/c1-27(2)33-34(52-38-44-40(6,29-13-17-31(43)18-14-29)35(48(33)38)28-11-15-30(42)16-12-28)37(50)47-21-9-10-32(47)36(49)45-22-23-46(41(26-45)19-20-41)24-25-51-53(7,8)39(3,4)5/h11-18,27,32,35H,9-10,19-26H2,1-8H3/t32-,35+,40-/m0/s1. The Balaban J connectivity index is 1.10. The quantitative estimate of drug-likeness (QED) is 0.236. The predicted octanol–water partition coefficient (Wildman–Crippen LogP) is 8.93. The van der Waals surface area contributed by atoms with Gasteiger partial charge in [0, 0.05) is 60.6 Å². The Morgan fingerprint density at radius 3 is 2.25 bits per heavy atom. The highest BCUT2D eigenvalue weighted by molar-refractivity contribution is 8.18. The molecule has 0 aromatic heterocycles. The number of amides is 2. The Morgan fingerprint density at radius 2 is 1.64 bits per heavy atom. The van der Waals surface area contributed by atoms with Crippen LogP contribution in [-0.2, 0) is 19.6 Å². The van der Waals surface area contributed by atoms with E-state index in [4.69, 9.17) is 32.6 Å². The molecule has 286 valence electrons. The number of allylic oxidation sites excluding steroid dienone is 1. The molecule has 3 fully saturated rings. The minimum Gasteiger partial charge on any atom is -0.416 e. The molecule has 0 bridgehead atoms. The molecule has 0 radical (unpaired) electrons. The van der Waals surface area contributed by atoms with Crippen LogP contribution >= 0.6 is 35.0 Å². The number of carbonyl (C=O) groups is 2. The van der Waals surface area contributed by atoms with Gasteiger partial charge < -0.3 is 19.1 Å². The van der Waals surface area contributed by atoms with Crippen molar-refractivity contribution in [2.45, 2.75) is 109 Å². The van der Waals surface area contributed by atoms with Gasteiger partial charge in [0.2, 0.25) is 5.91 Å². The third kappa shape index (κ3) is 7.14. The van der Waals surface area contributed by atoms with Crippen LogP contribution in [0, 0.1) is 5.92 Å². The van der Waals surface area contributed by atoms with E-state index < -0.39 is 19.9 Å². The van der Waals surface area contributed by atoms with E-state index in [1.54, 1.807) is 0 Å². The van der Waals surface area contributed by atoms with Gasteiger partial charge in [0.1, 0.15) is 16.5 Å². The van der Waals surface area contributed by atoms with E-state index in [-0.39, 0.29) is 34.4 Å². The number of carbonyl (C=O) groups excluding carboxylic acids is 2. The fourth-order valence-corrected chi connectivity index (χ4v) is 11.1. The number of piperazine rings is 1. The van der Waals surface area contributed by atoms with Gasteiger partial charge in [0.25, 0.3) is 5.91 Å². The van der Waals surface area contributed by atoms with Crippen LogP contribution in [0.3, 0.4) is 0 Å². The first kappa shape index (κ1) is 38.9. The first-order valence-corrected chi connectivity index (χ1v) is 23.8. The lowest BCUT2D eigenvalue weighted by molar-refractivity contribution is -0.144. The second-order valence-corrected chi connectivity index (χ2v) is 24.2. The van der Waals surface area contributed by atoms with Gasteiger partial charge >= 0.3 is 0 Å². The minimum absolute atomic E-state index is 0.0386. The maximum absolute atomic E-state index is 14.8. The average Bonchev–Trinajstić information content (AvgIpc) is 3.40. The van der Waals surface area contributed by atoms with Crippen molar-refractivity contribution in [2.24, 2.45) is 10.9 Å². The summed E-state index contributed by atoms with van der Waals surface area (Å²) in [4.78, 5) is 44.0. The highest BCUT2D eigenvalue weighted by Gasteiger charge is 2.55. The van der Waals surface area contributed by atoms with E-state index in [1.807, 2.05) is 41.3 Å². The van der Waals surface area contributed by atoms with Crippen molar-refractivity contribution in [1.82, 2.24) is 19.6 Å². The number of hydrogen-bond acceptors (Lipinski definition) is 7. The summed E-state index contributed by atoms with van der Waals surface area (Å²) in [5, 5.41) is 2.33. The van der Waals surface area contributed by atoms with Gasteiger partial charge in [-0.2, -0.15) is 0 Å². The molecule has 12 heteroatoms. The third-order valence-electron chi connectivity index (χ3n) is 12.7. The van der Waals surface area contributed by atoms with Crippen LogP contribution < -0.4 is 0 Å². The Hall–Kier alpha value is -2.34. The molecule has 1 spiro atoms. The SMILES string of the molecule is CC(C)C1=C(C(=O)N2CCC[C@H]2C(=O)N2CCN(CCO[Si](C)(C)C(C)(C)C)C3(CC3)C2)SC2=N[C@@](C)(c3ccc(Cl)cc3)[C@@H](c3ccc(Cl)cc3)N21. The zero-order valence-corrected chi connectivity index (χ0v) is 35.9. The van der Waals surface area contributed by atoms with E-state index in [2.05, 4.69) is 81.5 Å². The number of hydrogen-bond donors (Lipinski definition) is 0. The summed E-state index contributed by atoms with van der Waals surface area (Å²) in [7, 11) is -1.82. The lowest BCUT2D eigenvalue weighted by atomic mass is 9.81. The molecule has 2 saturated heterocycles. The van der Waals surface area contributed by atoms with Crippen LogP contribution in [0.5, 0.6) is 0 Å². The van der Waals surface area contributed by atoms with Gasteiger partial charge in [0.05, 0.1) is 6.04 Å². The monoisotopic (exact) mass is 795 g/mol. The summed E-state index contributed by atoms with van der Waals surface area (Å²) in [5.41, 5.74) is 2.47. The highest BCUT2D eigenvalue weighted by atomic mass is 35.5. The highest BCUT2D eigenvalue weighted by Crippen LogP contribution is 2.56. The predicted molar refractivity (Wildman–Crippen MR) is 220 cm³/mol. The molecule has 8 nitrogen and oxygen atoms in total. The van der Waals surface area contributed by atoms with Gasteiger partial charge in [-0.3, -0.25) is 14.5 Å². The second-order valence-electron chi connectivity index (χ2n) is 17.6. The van der Waals surface area contributed by atoms with Crippen LogP contribution in [-0.4, -0.2) is 95.8 Å². The van der Waals surface area contributed by atoms with Crippen molar-refractivity contribution in [1.29, 1.82) is 0 Å². The topological polar surface area (TPSA) is 68.7 Å². The zero-order chi connectivity index (χ0) is 38.1. The second kappa shape index (κ2) is 14.3. The third-order valence-corrected chi connectivity index (χ3v) is 18.8. The van der Waals surface area contributed by atoms with Crippen molar-refractivity contribution < 1.29 is 14.0 Å². The van der Waals surface area contributed by atoms with Gasteiger partial charge in [-0.1, -0.05) is 82.1 Å². The molecule has 1 aliphatic carbocycles. The lowest BCUT2D eigenvalue weighted by Gasteiger charge is -2.44. The summed E-state index contributed by atoms with van der Waals surface area (Å²) < 4.78 is 6.53. The number of fused-ring (bicyclic) bond motifs is 1. The Kier molecular flexibility index (Phi) is 10.5. The molecule has 7 rings (SSSR count). The summed E-state index contributed by atoms with van der Waals surface area (Å²) in [5.74, 6) is 0.0788. The van der Waals surface area contributed by atoms with Crippen LogP contribution in [0.4, 0.5) is 0 Å². The lowest BCUT2D eigenvalue weighted by Crippen LogP contribution is -2.60. The molecular formula is C41H55Cl2N5O3SSi. The van der Waals surface area contributed by atoms with E-state index >= 15 is 0 Å². The molecule has 53 heavy (non-hydrogen) atoms. The van der Waals surface area contributed by atoms with Gasteiger partial charge in [-0.15, -0.1) is 0 Å². The van der Waals surface area contributed by atoms with Crippen molar-refractivity contribution in [3.05, 3.63) is 80.3 Å². The van der Waals surface area contributed by atoms with Crippen molar-refractivity contribution >= 4 is 60.3 Å². The molecule has 1 saturated carbocycles. The molecule has 4 heterocycles. The van der Waals surface area contributed by atoms with E-state index in [9.17, 15) is 9.59 Å². The largest absolute Gasteiger partial charge is 0.416 e.